The Hall–Kier alpha value is -2.85. The van der Waals surface area contributed by atoms with Crippen LogP contribution in [0.4, 0.5) is 45.6 Å². The average Bonchev–Trinajstić information content (AvgIpc) is 3.01. The van der Waals surface area contributed by atoms with E-state index in [4.69, 9.17) is 0 Å². The molecule has 2 aromatic carbocycles. The zero-order valence-electron chi connectivity index (χ0n) is 14.7. The van der Waals surface area contributed by atoms with Crippen LogP contribution in [0.3, 0.4) is 0 Å². The predicted octanol–water partition coefficient (Wildman–Crippen LogP) is 5.15. The molecule has 0 N–H and O–H groups in total. The molecule has 0 atom stereocenters. The Balaban J connectivity index is 1.91. The maximum Gasteiger partial charge on any atom is 0.416 e. The largest absolute Gasteiger partial charge is 0.416 e. The molecular formula is C18H12F8N2O. The van der Waals surface area contributed by atoms with Crippen molar-refractivity contribution in [2.75, 3.05) is 18.0 Å². The number of anilines is 1. The van der Waals surface area contributed by atoms with E-state index in [2.05, 4.69) is 0 Å². The molecule has 2 aromatic rings. The first-order chi connectivity index (χ1) is 13.4. The first-order valence-corrected chi connectivity index (χ1v) is 8.18. The van der Waals surface area contributed by atoms with Crippen LogP contribution in [-0.2, 0) is 12.7 Å². The fourth-order valence-corrected chi connectivity index (χ4v) is 3.16. The summed E-state index contributed by atoms with van der Waals surface area (Å²) in [5.74, 6) is -10.7. The monoisotopic (exact) mass is 424 g/mol. The lowest BCUT2D eigenvalue weighted by Gasteiger charge is -2.22. The highest BCUT2D eigenvalue weighted by Crippen LogP contribution is 2.37. The maximum atomic E-state index is 13.9. The lowest BCUT2D eigenvalue weighted by molar-refractivity contribution is -0.138. The normalized spacial score (nSPS) is 14.9. The number of carbonyl (C=O) groups is 1. The number of hydrogen-bond donors (Lipinski definition) is 0. The summed E-state index contributed by atoms with van der Waals surface area (Å²) in [6.07, 6.45) is -4.65. The van der Waals surface area contributed by atoms with Crippen LogP contribution in [0.5, 0.6) is 0 Å². The molecule has 0 radical (unpaired) electrons. The van der Waals surface area contributed by atoms with Gasteiger partial charge in [0, 0.05) is 24.3 Å². The lowest BCUT2D eigenvalue weighted by atomic mass is 10.1. The SMILES string of the molecule is Cc1c(N2CCN(Cc3c(F)c(F)c(F)c(F)c3F)C2=O)cccc1C(F)(F)F. The number of rotatable bonds is 3. The summed E-state index contributed by atoms with van der Waals surface area (Å²) in [7, 11) is 0. The van der Waals surface area contributed by atoms with Crippen molar-refractivity contribution in [1.29, 1.82) is 0 Å². The Bertz CT molecular complexity index is 960. The third kappa shape index (κ3) is 3.49. The molecule has 3 nitrogen and oxygen atoms in total. The molecule has 2 amide bonds. The van der Waals surface area contributed by atoms with E-state index >= 15 is 0 Å². The highest BCUT2D eigenvalue weighted by atomic mass is 19.4. The standard InChI is InChI=1S/C18H12F8N2O/c1-8-10(18(24,25)26)3-2-4-11(8)28-6-5-27(17(28)29)7-9-12(19)14(21)16(23)15(22)13(9)20/h2-4H,5-7H2,1H3. The second-order valence-electron chi connectivity index (χ2n) is 6.35. The Morgan fingerprint density at radius 1 is 0.897 bits per heavy atom. The van der Waals surface area contributed by atoms with Crippen LogP contribution < -0.4 is 4.90 Å². The Kier molecular flexibility index (Phi) is 5.18. The van der Waals surface area contributed by atoms with E-state index in [1.165, 1.54) is 6.07 Å². The molecule has 0 aromatic heterocycles. The molecular weight excluding hydrogens is 412 g/mol. The van der Waals surface area contributed by atoms with E-state index in [1.807, 2.05) is 0 Å². The summed E-state index contributed by atoms with van der Waals surface area (Å²) in [5.41, 5.74) is -2.45. The molecule has 1 aliphatic rings. The first kappa shape index (κ1) is 20.9. The summed E-state index contributed by atoms with van der Waals surface area (Å²) < 4.78 is 107. The zero-order chi connectivity index (χ0) is 21.7. The lowest BCUT2D eigenvalue weighted by Crippen LogP contribution is -2.33. The maximum absolute atomic E-state index is 13.9. The van der Waals surface area contributed by atoms with Crippen molar-refractivity contribution in [2.24, 2.45) is 0 Å². The molecule has 0 bridgehead atoms. The van der Waals surface area contributed by atoms with Crippen molar-refractivity contribution in [3.05, 3.63) is 64.0 Å². The Morgan fingerprint density at radius 3 is 2.00 bits per heavy atom. The van der Waals surface area contributed by atoms with Gasteiger partial charge in [-0.15, -0.1) is 0 Å². The number of hydrogen-bond acceptors (Lipinski definition) is 1. The quantitative estimate of drug-likeness (QED) is 0.380. The molecule has 1 fully saturated rings. The molecule has 1 aliphatic heterocycles. The van der Waals surface area contributed by atoms with Crippen molar-refractivity contribution in [3.8, 4) is 0 Å². The molecule has 0 aliphatic carbocycles. The first-order valence-electron chi connectivity index (χ1n) is 8.18. The zero-order valence-corrected chi connectivity index (χ0v) is 14.7. The van der Waals surface area contributed by atoms with E-state index in [0.29, 0.717) is 0 Å². The number of carbonyl (C=O) groups excluding carboxylic acids is 1. The molecule has 1 heterocycles. The van der Waals surface area contributed by atoms with Crippen LogP contribution in [0, 0.1) is 36.0 Å². The molecule has 0 spiro atoms. The van der Waals surface area contributed by atoms with Gasteiger partial charge >= 0.3 is 12.2 Å². The van der Waals surface area contributed by atoms with Crippen LogP contribution in [0.1, 0.15) is 16.7 Å². The van der Waals surface area contributed by atoms with Gasteiger partial charge in [-0.3, -0.25) is 4.90 Å². The molecule has 0 saturated carbocycles. The van der Waals surface area contributed by atoms with Crippen molar-refractivity contribution >= 4 is 11.7 Å². The molecule has 0 unspecified atom stereocenters. The van der Waals surface area contributed by atoms with Crippen molar-refractivity contribution in [1.82, 2.24) is 4.90 Å². The summed E-state index contributed by atoms with van der Waals surface area (Å²) in [5, 5.41) is 0. The molecule has 156 valence electrons. The number of halogens is 8. The van der Waals surface area contributed by atoms with Crippen molar-refractivity contribution < 1.29 is 39.9 Å². The van der Waals surface area contributed by atoms with E-state index in [1.54, 1.807) is 0 Å². The van der Waals surface area contributed by atoms with Crippen molar-refractivity contribution in [2.45, 2.75) is 19.6 Å². The Labute approximate surface area is 159 Å². The smallest absolute Gasteiger partial charge is 0.318 e. The number of benzene rings is 2. The Morgan fingerprint density at radius 2 is 1.45 bits per heavy atom. The molecule has 11 heteroatoms. The number of urea groups is 1. The van der Waals surface area contributed by atoms with E-state index in [9.17, 15) is 39.9 Å². The third-order valence-corrected chi connectivity index (χ3v) is 4.65. The number of alkyl halides is 3. The van der Waals surface area contributed by atoms with E-state index in [0.717, 1.165) is 28.9 Å². The van der Waals surface area contributed by atoms with Gasteiger partial charge in [-0.25, -0.2) is 26.7 Å². The van der Waals surface area contributed by atoms with Gasteiger partial charge in [0.2, 0.25) is 5.82 Å². The minimum atomic E-state index is -4.65. The second-order valence-corrected chi connectivity index (χ2v) is 6.35. The fraction of sp³-hybridized carbons (Fsp3) is 0.278. The topological polar surface area (TPSA) is 23.6 Å². The van der Waals surface area contributed by atoms with Gasteiger partial charge in [-0.05, 0) is 24.6 Å². The van der Waals surface area contributed by atoms with Gasteiger partial charge in [0.15, 0.2) is 23.3 Å². The number of amides is 2. The van der Waals surface area contributed by atoms with Gasteiger partial charge in [0.1, 0.15) is 0 Å². The van der Waals surface area contributed by atoms with E-state index < -0.39 is 59.0 Å². The highest BCUT2D eigenvalue weighted by molar-refractivity contribution is 5.95. The average molecular weight is 424 g/mol. The van der Waals surface area contributed by atoms with Crippen LogP contribution >= 0.6 is 0 Å². The molecule has 1 saturated heterocycles. The molecule has 3 rings (SSSR count). The summed E-state index contributed by atoms with van der Waals surface area (Å²) in [4.78, 5) is 14.3. The van der Waals surface area contributed by atoms with Gasteiger partial charge in [0.05, 0.1) is 12.1 Å². The summed E-state index contributed by atoms with van der Waals surface area (Å²) >= 11 is 0. The number of nitrogens with zero attached hydrogens (tertiary/aromatic N) is 2. The fourth-order valence-electron chi connectivity index (χ4n) is 3.16. The van der Waals surface area contributed by atoms with Gasteiger partial charge in [-0.1, -0.05) is 6.07 Å². The summed E-state index contributed by atoms with van der Waals surface area (Å²) in [6.45, 7) is -0.0817. The summed E-state index contributed by atoms with van der Waals surface area (Å²) in [6, 6.07) is 2.29. The highest BCUT2D eigenvalue weighted by Gasteiger charge is 2.37. The second kappa shape index (κ2) is 7.20. The van der Waals surface area contributed by atoms with Crippen LogP contribution in [-0.4, -0.2) is 24.0 Å². The van der Waals surface area contributed by atoms with Crippen molar-refractivity contribution in [3.63, 3.8) is 0 Å². The minimum absolute atomic E-state index is 0.0651. The minimum Gasteiger partial charge on any atom is -0.318 e. The van der Waals surface area contributed by atoms with E-state index in [-0.39, 0.29) is 24.3 Å². The van der Waals surface area contributed by atoms with Gasteiger partial charge in [-0.2, -0.15) is 13.2 Å². The third-order valence-electron chi connectivity index (χ3n) is 4.65. The van der Waals surface area contributed by atoms with Gasteiger partial charge in [0.25, 0.3) is 0 Å². The van der Waals surface area contributed by atoms with Crippen LogP contribution in [0.15, 0.2) is 18.2 Å². The van der Waals surface area contributed by atoms with Gasteiger partial charge < -0.3 is 4.90 Å². The molecule has 29 heavy (non-hydrogen) atoms. The van der Waals surface area contributed by atoms with Crippen LogP contribution in [0.25, 0.3) is 0 Å². The predicted molar refractivity (Wildman–Crippen MR) is 85.6 cm³/mol. The van der Waals surface area contributed by atoms with Crippen LogP contribution in [0.2, 0.25) is 0 Å².